The molecule has 0 fully saturated rings. The number of nitrogens with two attached hydrogens (primary N) is 1. The van der Waals surface area contributed by atoms with E-state index >= 15 is 0 Å². The molecule has 0 unspecified atom stereocenters. The van der Waals surface area contributed by atoms with Crippen LogP contribution in [0.1, 0.15) is 23.6 Å². The van der Waals surface area contributed by atoms with Gasteiger partial charge >= 0.3 is 0 Å². The first-order chi connectivity index (χ1) is 6.56. The molecule has 0 radical (unpaired) electrons. The molecule has 1 aromatic rings. The summed E-state index contributed by atoms with van der Waals surface area (Å²) in [5.74, 6) is 0. The van der Waals surface area contributed by atoms with Gasteiger partial charge in [0.25, 0.3) is 0 Å². The van der Waals surface area contributed by atoms with Crippen molar-refractivity contribution < 1.29 is 0 Å². The Bertz CT molecular complexity index is 399. The van der Waals surface area contributed by atoms with Crippen molar-refractivity contribution >= 4 is 11.3 Å². The SMILES string of the molecule is CC(=CC#N)c1cc(C)c(N)c(C)c1. The smallest absolute Gasteiger partial charge is 0.0915 e. The van der Waals surface area contributed by atoms with Gasteiger partial charge < -0.3 is 5.73 Å². The molecule has 1 rings (SSSR count). The highest BCUT2D eigenvalue weighted by Crippen LogP contribution is 2.23. The van der Waals surface area contributed by atoms with Crippen molar-refractivity contribution in [2.24, 2.45) is 0 Å². The van der Waals surface area contributed by atoms with Crippen molar-refractivity contribution in [3.63, 3.8) is 0 Å². The van der Waals surface area contributed by atoms with E-state index in [0.29, 0.717) is 0 Å². The molecule has 0 aliphatic carbocycles. The Morgan fingerprint density at radius 3 is 2.29 bits per heavy atom. The number of aryl methyl sites for hydroxylation is 2. The minimum Gasteiger partial charge on any atom is -0.398 e. The van der Waals surface area contributed by atoms with Crippen molar-refractivity contribution in [1.29, 1.82) is 5.26 Å². The summed E-state index contributed by atoms with van der Waals surface area (Å²) in [6.45, 7) is 5.88. The number of rotatable bonds is 1. The van der Waals surface area contributed by atoms with Gasteiger partial charge in [-0.05, 0) is 55.2 Å². The first-order valence-corrected chi connectivity index (χ1v) is 4.49. The fourth-order valence-electron chi connectivity index (χ4n) is 1.38. The van der Waals surface area contributed by atoms with Crippen LogP contribution in [-0.4, -0.2) is 0 Å². The third-order valence-corrected chi connectivity index (χ3v) is 2.33. The van der Waals surface area contributed by atoms with Gasteiger partial charge in [0.05, 0.1) is 6.07 Å². The maximum Gasteiger partial charge on any atom is 0.0915 e. The van der Waals surface area contributed by atoms with E-state index in [9.17, 15) is 0 Å². The standard InChI is InChI=1S/C12H14N2/c1-8(4-5-13)11-6-9(2)12(14)10(3)7-11/h4,6-7H,14H2,1-3H3. The second-order valence-corrected chi connectivity index (χ2v) is 3.48. The molecule has 0 saturated heterocycles. The maximum absolute atomic E-state index is 8.54. The molecule has 0 bridgehead atoms. The molecule has 0 aliphatic heterocycles. The number of anilines is 1. The summed E-state index contributed by atoms with van der Waals surface area (Å²) in [6.07, 6.45) is 1.55. The predicted molar refractivity (Wildman–Crippen MR) is 59.6 cm³/mol. The van der Waals surface area contributed by atoms with Crippen LogP contribution in [0.15, 0.2) is 18.2 Å². The van der Waals surface area contributed by atoms with Gasteiger partial charge in [0, 0.05) is 11.8 Å². The number of nitrogens with zero attached hydrogens (tertiary/aromatic N) is 1. The van der Waals surface area contributed by atoms with E-state index < -0.39 is 0 Å². The molecule has 2 N–H and O–H groups in total. The van der Waals surface area contributed by atoms with E-state index in [2.05, 4.69) is 0 Å². The molecule has 0 heterocycles. The third-order valence-electron chi connectivity index (χ3n) is 2.33. The van der Waals surface area contributed by atoms with Gasteiger partial charge in [-0.3, -0.25) is 0 Å². The Labute approximate surface area is 84.7 Å². The Morgan fingerprint density at radius 2 is 1.86 bits per heavy atom. The summed E-state index contributed by atoms with van der Waals surface area (Å²) in [6, 6.07) is 6.04. The number of nitriles is 1. The van der Waals surface area contributed by atoms with Crippen LogP contribution in [0.2, 0.25) is 0 Å². The molecule has 1 aromatic carbocycles. The van der Waals surface area contributed by atoms with Gasteiger partial charge in [0.2, 0.25) is 0 Å². The Hall–Kier alpha value is -1.75. The summed E-state index contributed by atoms with van der Waals surface area (Å²) in [4.78, 5) is 0. The van der Waals surface area contributed by atoms with Gasteiger partial charge in [-0.2, -0.15) is 5.26 Å². The van der Waals surface area contributed by atoms with Crippen LogP contribution >= 0.6 is 0 Å². The number of benzene rings is 1. The zero-order valence-corrected chi connectivity index (χ0v) is 8.76. The normalized spacial score (nSPS) is 11.1. The van der Waals surface area contributed by atoms with Crippen LogP contribution in [0.25, 0.3) is 5.57 Å². The van der Waals surface area contributed by atoms with Gasteiger partial charge in [0.1, 0.15) is 0 Å². The minimum atomic E-state index is 0.832. The molecule has 0 atom stereocenters. The van der Waals surface area contributed by atoms with Crippen molar-refractivity contribution in [1.82, 2.24) is 0 Å². The van der Waals surface area contributed by atoms with Crippen molar-refractivity contribution in [2.75, 3.05) is 5.73 Å². The van der Waals surface area contributed by atoms with E-state index in [1.807, 2.05) is 39.0 Å². The number of allylic oxidation sites excluding steroid dienone is 2. The monoisotopic (exact) mass is 186 g/mol. The largest absolute Gasteiger partial charge is 0.398 e. The fourth-order valence-corrected chi connectivity index (χ4v) is 1.38. The first-order valence-electron chi connectivity index (χ1n) is 4.49. The fraction of sp³-hybridized carbons (Fsp3) is 0.250. The van der Waals surface area contributed by atoms with Crippen LogP contribution < -0.4 is 5.73 Å². The molecule has 0 saturated carbocycles. The van der Waals surface area contributed by atoms with Crippen molar-refractivity contribution in [3.05, 3.63) is 34.9 Å². The average Bonchev–Trinajstić information content (AvgIpc) is 2.13. The predicted octanol–water partition coefficient (Wildman–Crippen LogP) is 2.81. The van der Waals surface area contributed by atoms with Crippen LogP contribution in [0.5, 0.6) is 0 Å². The molecule has 0 aliphatic rings. The summed E-state index contributed by atoms with van der Waals surface area (Å²) in [5.41, 5.74) is 10.8. The van der Waals surface area contributed by atoms with E-state index in [1.54, 1.807) is 6.08 Å². The van der Waals surface area contributed by atoms with Gasteiger partial charge in [-0.25, -0.2) is 0 Å². The Morgan fingerprint density at radius 1 is 1.36 bits per heavy atom. The Kier molecular flexibility index (Phi) is 2.93. The van der Waals surface area contributed by atoms with Gasteiger partial charge in [-0.15, -0.1) is 0 Å². The first kappa shape index (κ1) is 10.3. The lowest BCUT2D eigenvalue weighted by atomic mass is 10.00. The van der Waals surface area contributed by atoms with E-state index in [0.717, 1.165) is 28.0 Å². The number of hydrogen-bond acceptors (Lipinski definition) is 2. The minimum absolute atomic E-state index is 0.832. The molecule has 14 heavy (non-hydrogen) atoms. The highest BCUT2D eigenvalue weighted by Gasteiger charge is 2.02. The molecule has 2 nitrogen and oxygen atoms in total. The quantitative estimate of drug-likeness (QED) is 0.541. The lowest BCUT2D eigenvalue weighted by Gasteiger charge is -2.08. The maximum atomic E-state index is 8.54. The van der Waals surface area contributed by atoms with Gasteiger partial charge in [0.15, 0.2) is 0 Å². The second kappa shape index (κ2) is 3.97. The molecule has 0 spiro atoms. The molecular formula is C12H14N2. The third kappa shape index (κ3) is 1.94. The molecule has 0 amide bonds. The molecular weight excluding hydrogens is 172 g/mol. The van der Waals surface area contributed by atoms with E-state index in [1.165, 1.54) is 0 Å². The number of nitrogen functional groups attached to an aromatic ring is 1. The highest BCUT2D eigenvalue weighted by molar-refractivity contribution is 5.70. The van der Waals surface area contributed by atoms with Crippen LogP contribution in [0, 0.1) is 25.2 Å². The zero-order valence-electron chi connectivity index (χ0n) is 8.76. The van der Waals surface area contributed by atoms with Crippen molar-refractivity contribution in [2.45, 2.75) is 20.8 Å². The van der Waals surface area contributed by atoms with Gasteiger partial charge in [-0.1, -0.05) is 0 Å². The molecule has 0 aromatic heterocycles. The van der Waals surface area contributed by atoms with Crippen LogP contribution in [-0.2, 0) is 0 Å². The second-order valence-electron chi connectivity index (χ2n) is 3.48. The lowest BCUT2D eigenvalue weighted by Crippen LogP contribution is -1.95. The summed E-state index contributed by atoms with van der Waals surface area (Å²) in [5, 5.41) is 8.54. The lowest BCUT2D eigenvalue weighted by molar-refractivity contribution is 1.36. The molecule has 2 heteroatoms. The zero-order chi connectivity index (χ0) is 10.7. The average molecular weight is 186 g/mol. The molecule has 72 valence electrons. The van der Waals surface area contributed by atoms with Crippen molar-refractivity contribution in [3.8, 4) is 6.07 Å². The van der Waals surface area contributed by atoms with Crippen LogP contribution in [0.4, 0.5) is 5.69 Å². The highest BCUT2D eigenvalue weighted by atomic mass is 14.6. The Balaban J connectivity index is 3.27. The van der Waals surface area contributed by atoms with E-state index in [4.69, 9.17) is 11.0 Å². The topological polar surface area (TPSA) is 49.8 Å². The summed E-state index contributed by atoms with van der Waals surface area (Å²) in [7, 11) is 0. The summed E-state index contributed by atoms with van der Waals surface area (Å²) >= 11 is 0. The number of hydrogen-bond donors (Lipinski definition) is 1. The summed E-state index contributed by atoms with van der Waals surface area (Å²) < 4.78 is 0. The van der Waals surface area contributed by atoms with Crippen LogP contribution in [0.3, 0.4) is 0 Å². The van der Waals surface area contributed by atoms with E-state index in [-0.39, 0.29) is 0 Å².